The highest BCUT2D eigenvalue weighted by Crippen LogP contribution is 2.16. The molecular formula is C19H23NO. The van der Waals surface area contributed by atoms with Crippen molar-refractivity contribution in [3.05, 3.63) is 70.3 Å². The monoisotopic (exact) mass is 281 g/mol. The minimum absolute atomic E-state index is 0.0794. The lowest BCUT2D eigenvalue weighted by molar-refractivity contribution is 0.0784. The van der Waals surface area contributed by atoms with Gasteiger partial charge in [-0.2, -0.15) is 0 Å². The van der Waals surface area contributed by atoms with Gasteiger partial charge in [0.2, 0.25) is 0 Å². The maximum atomic E-state index is 12.6. The van der Waals surface area contributed by atoms with Crippen LogP contribution in [0.3, 0.4) is 0 Å². The van der Waals surface area contributed by atoms with Crippen molar-refractivity contribution in [3.8, 4) is 0 Å². The Morgan fingerprint density at radius 3 is 2.24 bits per heavy atom. The predicted octanol–water partition coefficient (Wildman–Crippen LogP) is 4.14. The fourth-order valence-electron chi connectivity index (χ4n) is 2.41. The Morgan fingerprint density at radius 2 is 1.62 bits per heavy atom. The Balaban J connectivity index is 2.13. The van der Waals surface area contributed by atoms with Crippen LogP contribution in [0, 0.1) is 13.8 Å². The van der Waals surface area contributed by atoms with Crippen molar-refractivity contribution in [2.75, 3.05) is 7.05 Å². The van der Waals surface area contributed by atoms with Crippen LogP contribution in [0.2, 0.25) is 0 Å². The highest BCUT2D eigenvalue weighted by molar-refractivity contribution is 5.95. The number of carbonyl (C=O) groups is 1. The summed E-state index contributed by atoms with van der Waals surface area (Å²) >= 11 is 0. The quantitative estimate of drug-likeness (QED) is 0.825. The summed E-state index contributed by atoms with van der Waals surface area (Å²) in [5.41, 5.74) is 5.50. The second-order valence-electron chi connectivity index (χ2n) is 5.58. The Hall–Kier alpha value is -2.09. The van der Waals surface area contributed by atoms with Gasteiger partial charge in [0.1, 0.15) is 0 Å². The molecule has 0 spiro atoms. The van der Waals surface area contributed by atoms with E-state index in [1.807, 2.05) is 39.1 Å². The summed E-state index contributed by atoms with van der Waals surface area (Å²) in [5.74, 6) is 0.0794. The molecule has 0 bridgehead atoms. The first kappa shape index (κ1) is 15.3. The lowest BCUT2D eigenvalue weighted by Gasteiger charge is -2.19. The van der Waals surface area contributed by atoms with Crippen LogP contribution in [0.15, 0.2) is 42.5 Å². The van der Waals surface area contributed by atoms with Crippen molar-refractivity contribution in [2.45, 2.75) is 33.7 Å². The molecule has 0 aromatic heterocycles. The molecule has 0 heterocycles. The van der Waals surface area contributed by atoms with Gasteiger partial charge in [-0.05, 0) is 48.6 Å². The molecule has 2 rings (SSSR count). The van der Waals surface area contributed by atoms with E-state index >= 15 is 0 Å². The van der Waals surface area contributed by atoms with Crippen molar-refractivity contribution >= 4 is 5.91 Å². The average molecular weight is 281 g/mol. The van der Waals surface area contributed by atoms with Crippen LogP contribution in [0.4, 0.5) is 0 Å². The van der Waals surface area contributed by atoms with Crippen LogP contribution in [-0.2, 0) is 13.0 Å². The van der Waals surface area contributed by atoms with Gasteiger partial charge < -0.3 is 4.90 Å². The van der Waals surface area contributed by atoms with Gasteiger partial charge in [0.05, 0.1) is 0 Å². The van der Waals surface area contributed by atoms with E-state index in [-0.39, 0.29) is 5.91 Å². The summed E-state index contributed by atoms with van der Waals surface area (Å²) in [7, 11) is 1.86. The van der Waals surface area contributed by atoms with Gasteiger partial charge in [-0.3, -0.25) is 4.79 Å². The number of hydrogen-bond donors (Lipinski definition) is 0. The van der Waals surface area contributed by atoms with Gasteiger partial charge in [0, 0.05) is 19.2 Å². The Kier molecular flexibility index (Phi) is 4.79. The maximum Gasteiger partial charge on any atom is 0.254 e. The summed E-state index contributed by atoms with van der Waals surface area (Å²) in [6, 6.07) is 14.4. The van der Waals surface area contributed by atoms with E-state index in [9.17, 15) is 4.79 Å². The first-order chi connectivity index (χ1) is 10.0. The molecule has 2 nitrogen and oxygen atoms in total. The number of carbonyl (C=O) groups excluding carboxylic acids is 1. The van der Waals surface area contributed by atoms with Gasteiger partial charge in [0.15, 0.2) is 0 Å². The second kappa shape index (κ2) is 6.57. The molecule has 0 N–H and O–H groups in total. The molecule has 21 heavy (non-hydrogen) atoms. The van der Waals surface area contributed by atoms with E-state index in [4.69, 9.17) is 0 Å². The molecule has 0 radical (unpaired) electrons. The van der Waals surface area contributed by atoms with Gasteiger partial charge in [-0.25, -0.2) is 0 Å². The smallest absolute Gasteiger partial charge is 0.254 e. The van der Waals surface area contributed by atoms with Gasteiger partial charge in [-0.15, -0.1) is 0 Å². The third-order valence-electron chi connectivity index (χ3n) is 4.03. The largest absolute Gasteiger partial charge is 0.337 e. The molecule has 0 aliphatic carbocycles. The summed E-state index contributed by atoms with van der Waals surface area (Å²) in [4.78, 5) is 14.4. The topological polar surface area (TPSA) is 20.3 Å². The van der Waals surface area contributed by atoms with Crippen LogP contribution in [0.25, 0.3) is 0 Å². The van der Waals surface area contributed by atoms with Crippen LogP contribution < -0.4 is 0 Å². The number of benzene rings is 2. The van der Waals surface area contributed by atoms with Crippen LogP contribution in [0.5, 0.6) is 0 Å². The van der Waals surface area contributed by atoms with Crippen molar-refractivity contribution in [3.63, 3.8) is 0 Å². The third-order valence-corrected chi connectivity index (χ3v) is 4.03. The molecule has 0 saturated heterocycles. The SMILES string of the molecule is CCc1ccc(CN(C)C(=O)c2cccc(C)c2C)cc1. The Bertz CT molecular complexity index is 629. The molecule has 2 aromatic rings. The van der Waals surface area contributed by atoms with Crippen molar-refractivity contribution < 1.29 is 4.79 Å². The average Bonchev–Trinajstić information content (AvgIpc) is 2.50. The lowest BCUT2D eigenvalue weighted by atomic mass is 10.0. The highest BCUT2D eigenvalue weighted by atomic mass is 16.2. The predicted molar refractivity (Wildman–Crippen MR) is 87.5 cm³/mol. The fraction of sp³-hybridized carbons (Fsp3) is 0.316. The first-order valence-corrected chi connectivity index (χ1v) is 7.42. The summed E-state index contributed by atoms with van der Waals surface area (Å²) < 4.78 is 0. The number of amides is 1. The molecule has 110 valence electrons. The molecule has 2 heteroatoms. The van der Waals surface area contributed by atoms with Crippen molar-refractivity contribution in [1.82, 2.24) is 4.90 Å². The van der Waals surface area contributed by atoms with Gasteiger partial charge >= 0.3 is 0 Å². The molecule has 0 aliphatic rings. The van der Waals surface area contributed by atoms with E-state index in [2.05, 4.69) is 31.2 Å². The fourth-order valence-corrected chi connectivity index (χ4v) is 2.41. The third kappa shape index (κ3) is 3.52. The molecule has 2 aromatic carbocycles. The first-order valence-electron chi connectivity index (χ1n) is 7.42. The van der Waals surface area contributed by atoms with E-state index in [1.165, 1.54) is 5.56 Å². The number of rotatable bonds is 4. The van der Waals surface area contributed by atoms with Crippen molar-refractivity contribution in [1.29, 1.82) is 0 Å². The van der Waals surface area contributed by atoms with Crippen LogP contribution in [-0.4, -0.2) is 17.9 Å². The van der Waals surface area contributed by atoms with Crippen LogP contribution in [0.1, 0.15) is 39.5 Å². The minimum Gasteiger partial charge on any atom is -0.337 e. The highest BCUT2D eigenvalue weighted by Gasteiger charge is 2.15. The normalized spacial score (nSPS) is 10.5. The number of nitrogens with zero attached hydrogens (tertiary/aromatic N) is 1. The molecule has 1 amide bonds. The standard InChI is InChI=1S/C19H23NO/c1-5-16-9-11-17(12-10-16)13-20(4)19(21)18-8-6-7-14(2)15(18)3/h6-12H,5,13H2,1-4H3. The van der Waals surface area contributed by atoms with E-state index in [0.717, 1.165) is 28.7 Å². The molecular weight excluding hydrogens is 258 g/mol. The number of hydrogen-bond acceptors (Lipinski definition) is 1. The molecule has 0 unspecified atom stereocenters. The number of aryl methyl sites for hydroxylation is 2. The zero-order chi connectivity index (χ0) is 15.4. The zero-order valence-electron chi connectivity index (χ0n) is 13.3. The van der Waals surface area contributed by atoms with Gasteiger partial charge in [0.25, 0.3) is 5.91 Å². The second-order valence-corrected chi connectivity index (χ2v) is 5.58. The summed E-state index contributed by atoms with van der Waals surface area (Å²) in [5, 5.41) is 0. The van der Waals surface area contributed by atoms with Crippen molar-refractivity contribution in [2.24, 2.45) is 0 Å². The lowest BCUT2D eigenvalue weighted by Crippen LogP contribution is -2.27. The summed E-state index contributed by atoms with van der Waals surface area (Å²) in [6.07, 6.45) is 1.04. The van der Waals surface area contributed by atoms with E-state index in [1.54, 1.807) is 4.90 Å². The van der Waals surface area contributed by atoms with E-state index < -0.39 is 0 Å². The molecule has 0 aliphatic heterocycles. The van der Waals surface area contributed by atoms with Gasteiger partial charge in [-0.1, -0.05) is 43.3 Å². The molecule has 0 saturated carbocycles. The Labute approximate surface area is 127 Å². The molecule has 0 fully saturated rings. The maximum absolute atomic E-state index is 12.6. The zero-order valence-corrected chi connectivity index (χ0v) is 13.3. The minimum atomic E-state index is 0.0794. The molecule has 0 atom stereocenters. The summed E-state index contributed by atoms with van der Waals surface area (Å²) in [6.45, 7) is 6.82. The van der Waals surface area contributed by atoms with E-state index in [0.29, 0.717) is 6.54 Å². The Morgan fingerprint density at radius 1 is 1.00 bits per heavy atom. The van der Waals surface area contributed by atoms with Crippen LogP contribution >= 0.6 is 0 Å².